The van der Waals surface area contributed by atoms with Crippen molar-refractivity contribution >= 4 is 11.9 Å². The number of esters is 2. The van der Waals surface area contributed by atoms with Crippen molar-refractivity contribution in [3.63, 3.8) is 0 Å². The fourth-order valence-electron chi connectivity index (χ4n) is 5.87. The van der Waals surface area contributed by atoms with Crippen LogP contribution in [0, 0.1) is 5.92 Å². The predicted octanol–water partition coefficient (Wildman–Crippen LogP) is 10.6. The van der Waals surface area contributed by atoms with E-state index in [-0.39, 0.29) is 12.1 Å². The second-order valence-corrected chi connectivity index (χ2v) is 12.2. The first kappa shape index (κ1) is 37.5. The average molecular weight is 609 g/mol. The zero-order valence-electron chi connectivity index (χ0n) is 28.0. The summed E-state index contributed by atoms with van der Waals surface area (Å²) in [5, 5.41) is 0. The predicted molar refractivity (Wildman–Crippen MR) is 181 cm³/mol. The molecular weight excluding hydrogens is 548 g/mol. The second-order valence-electron chi connectivity index (χ2n) is 12.2. The van der Waals surface area contributed by atoms with Gasteiger partial charge < -0.3 is 14.2 Å². The Bertz CT molecular complexity index is 977. The van der Waals surface area contributed by atoms with Crippen molar-refractivity contribution in [1.29, 1.82) is 0 Å². The van der Waals surface area contributed by atoms with Crippen LogP contribution in [-0.2, 0) is 25.6 Å². The van der Waals surface area contributed by atoms with E-state index in [0.717, 1.165) is 24.8 Å². The van der Waals surface area contributed by atoms with Gasteiger partial charge in [0.1, 0.15) is 6.10 Å². The molecule has 0 fully saturated rings. The third kappa shape index (κ3) is 16.4. The van der Waals surface area contributed by atoms with Crippen LogP contribution >= 0.6 is 0 Å². The van der Waals surface area contributed by atoms with Gasteiger partial charge in [-0.1, -0.05) is 159 Å². The lowest BCUT2D eigenvalue weighted by molar-refractivity contribution is -0.151. The standard InChI is InChI=1S/C39H60O5/c1-4-6-7-8-9-10-11-12-13-14-15-16-17-18-25-30-35(43-32-33-26-21-19-22-27-33)31-37(36(5-2)39(41)42-3)44-38(40)34-28-23-20-24-29-34/h19-24,26-29,35-37H,4-18,25,30-32H2,1-3H3. The van der Waals surface area contributed by atoms with E-state index in [4.69, 9.17) is 14.2 Å². The van der Waals surface area contributed by atoms with Gasteiger partial charge in [-0.15, -0.1) is 0 Å². The van der Waals surface area contributed by atoms with E-state index in [1.54, 1.807) is 12.1 Å². The van der Waals surface area contributed by atoms with Crippen molar-refractivity contribution < 1.29 is 23.8 Å². The molecule has 5 heteroatoms. The molecule has 0 N–H and O–H groups in total. The third-order valence-electron chi connectivity index (χ3n) is 8.61. The molecule has 246 valence electrons. The largest absolute Gasteiger partial charge is 0.469 e. The molecule has 3 atom stereocenters. The molecule has 0 bridgehead atoms. The number of ether oxygens (including phenoxy) is 3. The maximum atomic E-state index is 13.0. The summed E-state index contributed by atoms with van der Waals surface area (Å²) in [5.74, 6) is -1.32. The van der Waals surface area contributed by atoms with Crippen LogP contribution in [0.3, 0.4) is 0 Å². The minimum atomic E-state index is -0.628. The van der Waals surface area contributed by atoms with Gasteiger partial charge in [-0.2, -0.15) is 0 Å². The minimum absolute atomic E-state index is 0.135. The number of unbranched alkanes of at least 4 members (excludes halogenated alkanes) is 14. The van der Waals surface area contributed by atoms with E-state index < -0.39 is 18.0 Å². The molecule has 44 heavy (non-hydrogen) atoms. The van der Waals surface area contributed by atoms with E-state index in [9.17, 15) is 9.59 Å². The number of hydrogen-bond donors (Lipinski definition) is 0. The summed E-state index contributed by atoms with van der Waals surface area (Å²) in [5.41, 5.74) is 1.58. The third-order valence-corrected chi connectivity index (χ3v) is 8.61. The van der Waals surface area contributed by atoms with Crippen LogP contribution in [0.1, 0.15) is 145 Å². The SMILES string of the molecule is CCCCCCCCCCCCCCCCCC(CC(OC(=O)c1ccccc1)C(CC)C(=O)OC)OCc1ccccc1. The molecule has 0 spiro atoms. The lowest BCUT2D eigenvalue weighted by Gasteiger charge is -2.28. The van der Waals surface area contributed by atoms with Crippen molar-refractivity contribution in [3.8, 4) is 0 Å². The van der Waals surface area contributed by atoms with E-state index in [2.05, 4.69) is 19.1 Å². The van der Waals surface area contributed by atoms with E-state index in [1.807, 2.05) is 43.3 Å². The fraction of sp³-hybridized carbons (Fsp3) is 0.641. The van der Waals surface area contributed by atoms with Crippen molar-refractivity contribution in [2.75, 3.05) is 7.11 Å². The van der Waals surface area contributed by atoms with Crippen LogP contribution in [-0.4, -0.2) is 31.3 Å². The molecule has 0 aliphatic carbocycles. The topological polar surface area (TPSA) is 61.8 Å². The molecule has 0 saturated carbocycles. The zero-order valence-corrected chi connectivity index (χ0v) is 28.0. The Labute approximate surface area is 268 Å². The minimum Gasteiger partial charge on any atom is -0.469 e. The molecule has 0 aliphatic rings. The summed E-state index contributed by atoms with van der Waals surface area (Å²) in [6.07, 6.45) is 21.0. The van der Waals surface area contributed by atoms with Crippen LogP contribution in [0.15, 0.2) is 60.7 Å². The van der Waals surface area contributed by atoms with E-state index in [0.29, 0.717) is 25.0 Å². The van der Waals surface area contributed by atoms with Crippen molar-refractivity contribution in [2.24, 2.45) is 5.92 Å². The number of hydrogen-bond acceptors (Lipinski definition) is 5. The van der Waals surface area contributed by atoms with Gasteiger partial charge in [0, 0.05) is 6.42 Å². The molecule has 0 amide bonds. The highest BCUT2D eigenvalue weighted by Gasteiger charge is 2.33. The maximum absolute atomic E-state index is 13.0. The lowest BCUT2D eigenvalue weighted by atomic mass is 9.92. The quantitative estimate of drug-likeness (QED) is 0.0785. The van der Waals surface area contributed by atoms with E-state index >= 15 is 0 Å². The first-order valence-electron chi connectivity index (χ1n) is 17.6. The van der Waals surface area contributed by atoms with Crippen molar-refractivity contribution in [3.05, 3.63) is 71.8 Å². The smallest absolute Gasteiger partial charge is 0.338 e. The van der Waals surface area contributed by atoms with Crippen LogP contribution in [0.5, 0.6) is 0 Å². The first-order chi connectivity index (χ1) is 21.6. The number of rotatable bonds is 26. The number of methoxy groups -OCH3 is 1. The fourth-order valence-corrected chi connectivity index (χ4v) is 5.87. The highest BCUT2D eigenvalue weighted by molar-refractivity contribution is 5.89. The maximum Gasteiger partial charge on any atom is 0.338 e. The number of carbonyl (C=O) groups excluding carboxylic acids is 2. The summed E-state index contributed by atoms with van der Waals surface area (Å²) in [6, 6.07) is 19.1. The Morgan fingerprint density at radius 1 is 0.659 bits per heavy atom. The molecule has 0 saturated heterocycles. The Hall–Kier alpha value is -2.66. The van der Waals surface area contributed by atoms with Gasteiger partial charge in [-0.25, -0.2) is 4.79 Å². The highest BCUT2D eigenvalue weighted by Crippen LogP contribution is 2.25. The zero-order chi connectivity index (χ0) is 31.7. The molecule has 3 unspecified atom stereocenters. The molecule has 2 aromatic carbocycles. The molecular formula is C39H60O5. The molecule has 0 aliphatic heterocycles. The average Bonchev–Trinajstić information content (AvgIpc) is 3.06. The van der Waals surface area contributed by atoms with Gasteiger partial charge in [0.2, 0.25) is 0 Å². The van der Waals surface area contributed by atoms with Gasteiger partial charge in [0.05, 0.1) is 31.3 Å². The summed E-state index contributed by atoms with van der Waals surface area (Å²) in [6.45, 7) is 4.69. The number of carbonyl (C=O) groups is 2. The second kappa shape index (κ2) is 24.6. The van der Waals surface area contributed by atoms with Crippen molar-refractivity contribution in [2.45, 2.75) is 148 Å². The Morgan fingerprint density at radius 2 is 1.16 bits per heavy atom. The number of benzene rings is 2. The molecule has 0 radical (unpaired) electrons. The molecule has 5 nitrogen and oxygen atoms in total. The first-order valence-corrected chi connectivity index (χ1v) is 17.6. The van der Waals surface area contributed by atoms with Gasteiger partial charge >= 0.3 is 11.9 Å². The highest BCUT2D eigenvalue weighted by atomic mass is 16.6. The van der Waals surface area contributed by atoms with Crippen LogP contribution in [0.25, 0.3) is 0 Å². The summed E-state index contributed by atoms with van der Waals surface area (Å²) in [4.78, 5) is 25.8. The summed E-state index contributed by atoms with van der Waals surface area (Å²) >= 11 is 0. The Kier molecular flexibility index (Phi) is 21.0. The van der Waals surface area contributed by atoms with Gasteiger partial charge in [0.25, 0.3) is 0 Å². The monoisotopic (exact) mass is 608 g/mol. The molecule has 2 rings (SSSR count). The Morgan fingerprint density at radius 3 is 1.66 bits per heavy atom. The van der Waals surface area contributed by atoms with Gasteiger partial charge in [0.15, 0.2) is 0 Å². The van der Waals surface area contributed by atoms with Gasteiger partial charge in [-0.05, 0) is 30.5 Å². The van der Waals surface area contributed by atoms with Crippen LogP contribution < -0.4 is 0 Å². The normalized spacial score (nSPS) is 13.2. The van der Waals surface area contributed by atoms with E-state index in [1.165, 1.54) is 90.6 Å². The van der Waals surface area contributed by atoms with Crippen LogP contribution in [0.2, 0.25) is 0 Å². The Balaban J connectivity index is 1.84. The molecule has 0 aromatic heterocycles. The molecule has 0 heterocycles. The molecule has 2 aromatic rings. The van der Waals surface area contributed by atoms with Crippen LogP contribution in [0.4, 0.5) is 0 Å². The summed E-state index contributed by atoms with van der Waals surface area (Å²) in [7, 11) is 1.39. The lowest BCUT2D eigenvalue weighted by Crippen LogP contribution is -2.36. The van der Waals surface area contributed by atoms with Crippen molar-refractivity contribution in [1.82, 2.24) is 0 Å². The van der Waals surface area contributed by atoms with Gasteiger partial charge in [-0.3, -0.25) is 4.79 Å². The summed E-state index contributed by atoms with van der Waals surface area (Å²) < 4.78 is 17.5.